The van der Waals surface area contributed by atoms with Gasteiger partial charge in [0.25, 0.3) is 0 Å². The lowest BCUT2D eigenvalue weighted by molar-refractivity contribution is 0.283. The molecule has 1 saturated heterocycles. The Balaban J connectivity index is 1.86. The van der Waals surface area contributed by atoms with Gasteiger partial charge in [-0.1, -0.05) is 18.2 Å². The van der Waals surface area contributed by atoms with E-state index in [9.17, 15) is 0 Å². The largest absolute Gasteiger partial charge is 0.354 e. The van der Waals surface area contributed by atoms with Gasteiger partial charge in [0.1, 0.15) is 5.82 Å². The van der Waals surface area contributed by atoms with E-state index in [0.717, 1.165) is 38.5 Å². The van der Waals surface area contributed by atoms with E-state index in [0.29, 0.717) is 0 Å². The number of aromatic nitrogens is 1. The molecule has 0 unspecified atom stereocenters. The van der Waals surface area contributed by atoms with E-state index in [4.69, 9.17) is 0 Å². The molecule has 1 aromatic heterocycles. The fraction of sp³-hybridized carbons (Fsp3) is 0.462. The summed E-state index contributed by atoms with van der Waals surface area (Å²) in [4.78, 5) is 9.21. The SMILES string of the molecule is CC=CCN1CCN(c2ccccn2)CC1. The minimum absolute atomic E-state index is 1.08. The number of hydrogen-bond donors (Lipinski definition) is 0. The van der Waals surface area contributed by atoms with Crippen LogP contribution < -0.4 is 4.90 Å². The van der Waals surface area contributed by atoms with E-state index in [1.165, 1.54) is 0 Å². The van der Waals surface area contributed by atoms with Gasteiger partial charge in [-0.2, -0.15) is 0 Å². The van der Waals surface area contributed by atoms with Crippen LogP contribution in [0.1, 0.15) is 6.92 Å². The topological polar surface area (TPSA) is 19.4 Å². The molecule has 0 spiro atoms. The first kappa shape index (κ1) is 11.1. The molecule has 0 N–H and O–H groups in total. The first-order valence-corrected chi connectivity index (χ1v) is 5.89. The summed E-state index contributed by atoms with van der Waals surface area (Å²) < 4.78 is 0. The average Bonchev–Trinajstić information content (AvgIpc) is 2.38. The molecule has 2 heterocycles. The standard InChI is InChI=1S/C13H19N3/c1-2-3-8-15-9-11-16(12-10-15)13-6-4-5-7-14-13/h2-7H,8-12H2,1H3. The molecule has 1 aromatic rings. The van der Waals surface area contributed by atoms with E-state index in [2.05, 4.69) is 46.0 Å². The summed E-state index contributed by atoms with van der Waals surface area (Å²) in [7, 11) is 0. The van der Waals surface area contributed by atoms with Gasteiger partial charge in [-0.05, 0) is 19.1 Å². The molecule has 0 saturated carbocycles. The zero-order valence-electron chi connectivity index (χ0n) is 9.84. The molecular weight excluding hydrogens is 198 g/mol. The number of rotatable bonds is 3. The summed E-state index contributed by atoms with van der Waals surface area (Å²) in [6.45, 7) is 7.56. The smallest absolute Gasteiger partial charge is 0.128 e. The number of hydrogen-bond acceptors (Lipinski definition) is 3. The van der Waals surface area contributed by atoms with Gasteiger partial charge in [0.15, 0.2) is 0 Å². The Morgan fingerprint density at radius 3 is 2.69 bits per heavy atom. The molecule has 0 aliphatic carbocycles. The molecule has 0 amide bonds. The molecule has 0 bridgehead atoms. The highest BCUT2D eigenvalue weighted by Gasteiger charge is 2.16. The molecule has 0 atom stereocenters. The van der Waals surface area contributed by atoms with Crippen LogP contribution in [0.5, 0.6) is 0 Å². The highest BCUT2D eigenvalue weighted by Crippen LogP contribution is 2.12. The van der Waals surface area contributed by atoms with E-state index < -0.39 is 0 Å². The molecule has 1 aliphatic rings. The highest BCUT2D eigenvalue weighted by atomic mass is 15.3. The number of piperazine rings is 1. The Hall–Kier alpha value is -1.35. The van der Waals surface area contributed by atoms with Gasteiger partial charge < -0.3 is 4.90 Å². The van der Waals surface area contributed by atoms with E-state index in [1.54, 1.807) is 0 Å². The minimum atomic E-state index is 1.08. The average molecular weight is 217 g/mol. The lowest BCUT2D eigenvalue weighted by Gasteiger charge is -2.34. The summed E-state index contributed by atoms with van der Waals surface area (Å²) in [5.41, 5.74) is 0. The number of pyridine rings is 1. The molecule has 0 radical (unpaired) electrons. The van der Waals surface area contributed by atoms with Crippen LogP contribution >= 0.6 is 0 Å². The van der Waals surface area contributed by atoms with Crippen molar-refractivity contribution in [3.63, 3.8) is 0 Å². The second-order valence-corrected chi connectivity index (χ2v) is 4.04. The third kappa shape index (κ3) is 2.83. The zero-order valence-corrected chi connectivity index (χ0v) is 9.84. The fourth-order valence-corrected chi connectivity index (χ4v) is 1.95. The predicted molar refractivity (Wildman–Crippen MR) is 67.7 cm³/mol. The van der Waals surface area contributed by atoms with Crippen LogP contribution in [0.4, 0.5) is 5.82 Å². The molecule has 1 fully saturated rings. The molecular formula is C13H19N3. The molecule has 3 heteroatoms. The van der Waals surface area contributed by atoms with Crippen LogP contribution in [-0.4, -0.2) is 42.6 Å². The van der Waals surface area contributed by atoms with Crippen LogP contribution in [0.25, 0.3) is 0 Å². The van der Waals surface area contributed by atoms with Crippen molar-refractivity contribution >= 4 is 5.82 Å². The maximum Gasteiger partial charge on any atom is 0.128 e. The van der Waals surface area contributed by atoms with E-state index in [-0.39, 0.29) is 0 Å². The quantitative estimate of drug-likeness (QED) is 0.719. The Bertz CT molecular complexity index is 326. The summed E-state index contributed by atoms with van der Waals surface area (Å²) in [6.07, 6.45) is 6.20. The third-order valence-corrected chi connectivity index (χ3v) is 2.94. The van der Waals surface area contributed by atoms with Gasteiger partial charge in [0.2, 0.25) is 0 Å². The maximum absolute atomic E-state index is 4.38. The molecule has 16 heavy (non-hydrogen) atoms. The minimum Gasteiger partial charge on any atom is -0.354 e. The summed E-state index contributed by atoms with van der Waals surface area (Å²) in [5.74, 6) is 1.10. The molecule has 2 rings (SSSR count). The summed E-state index contributed by atoms with van der Waals surface area (Å²) >= 11 is 0. The van der Waals surface area contributed by atoms with Crippen molar-refractivity contribution in [1.29, 1.82) is 0 Å². The zero-order chi connectivity index (χ0) is 11.2. The second kappa shape index (κ2) is 5.66. The highest BCUT2D eigenvalue weighted by molar-refractivity contribution is 5.38. The normalized spacial score (nSPS) is 18.2. The molecule has 86 valence electrons. The number of anilines is 1. The van der Waals surface area contributed by atoms with Crippen LogP contribution in [-0.2, 0) is 0 Å². The monoisotopic (exact) mass is 217 g/mol. The van der Waals surface area contributed by atoms with Crippen molar-refractivity contribution in [3.8, 4) is 0 Å². The van der Waals surface area contributed by atoms with Gasteiger partial charge in [0.05, 0.1) is 0 Å². The van der Waals surface area contributed by atoms with Crippen molar-refractivity contribution in [3.05, 3.63) is 36.5 Å². The van der Waals surface area contributed by atoms with Gasteiger partial charge in [-0.3, -0.25) is 4.90 Å². The van der Waals surface area contributed by atoms with Gasteiger partial charge in [-0.15, -0.1) is 0 Å². The van der Waals surface area contributed by atoms with Crippen molar-refractivity contribution in [2.75, 3.05) is 37.6 Å². The maximum atomic E-state index is 4.38. The fourth-order valence-electron chi connectivity index (χ4n) is 1.95. The van der Waals surface area contributed by atoms with Crippen molar-refractivity contribution < 1.29 is 0 Å². The first-order chi connectivity index (χ1) is 7.90. The first-order valence-electron chi connectivity index (χ1n) is 5.89. The Kier molecular flexibility index (Phi) is 3.94. The van der Waals surface area contributed by atoms with Crippen LogP contribution in [0.3, 0.4) is 0 Å². The van der Waals surface area contributed by atoms with Gasteiger partial charge >= 0.3 is 0 Å². The van der Waals surface area contributed by atoms with Crippen molar-refractivity contribution in [2.24, 2.45) is 0 Å². The van der Waals surface area contributed by atoms with Crippen molar-refractivity contribution in [1.82, 2.24) is 9.88 Å². The van der Waals surface area contributed by atoms with E-state index >= 15 is 0 Å². The Morgan fingerprint density at radius 1 is 1.25 bits per heavy atom. The third-order valence-electron chi connectivity index (χ3n) is 2.94. The lowest BCUT2D eigenvalue weighted by atomic mass is 10.3. The van der Waals surface area contributed by atoms with Crippen LogP contribution in [0.2, 0.25) is 0 Å². The molecule has 3 nitrogen and oxygen atoms in total. The lowest BCUT2D eigenvalue weighted by Crippen LogP contribution is -2.46. The number of nitrogens with zero attached hydrogens (tertiary/aromatic N) is 3. The van der Waals surface area contributed by atoms with Gasteiger partial charge in [-0.25, -0.2) is 4.98 Å². The van der Waals surface area contributed by atoms with Crippen LogP contribution in [0, 0.1) is 0 Å². The van der Waals surface area contributed by atoms with E-state index in [1.807, 2.05) is 12.3 Å². The molecule has 1 aliphatic heterocycles. The summed E-state index contributed by atoms with van der Waals surface area (Å²) in [6, 6.07) is 6.10. The predicted octanol–water partition coefficient (Wildman–Crippen LogP) is 1.78. The Labute approximate surface area is 97.4 Å². The summed E-state index contributed by atoms with van der Waals surface area (Å²) in [5, 5.41) is 0. The van der Waals surface area contributed by atoms with Crippen molar-refractivity contribution in [2.45, 2.75) is 6.92 Å². The van der Waals surface area contributed by atoms with Gasteiger partial charge in [0, 0.05) is 38.9 Å². The second-order valence-electron chi connectivity index (χ2n) is 4.04. The van der Waals surface area contributed by atoms with Crippen LogP contribution in [0.15, 0.2) is 36.5 Å². The number of allylic oxidation sites excluding steroid dienone is 1. The molecule has 0 aromatic carbocycles. The Morgan fingerprint density at radius 2 is 2.06 bits per heavy atom.